The van der Waals surface area contributed by atoms with Gasteiger partial charge >= 0.3 is 5.69 Å². The Balaban J connectivity index is 2.21. The first-order valence-corrected chi connectivity index (χ1v) is 9.56. The molecule has 0 aliphatic heterocycles. The van der Waals surface area contributed by atoms with Gasteiger partial charge < -0.3 is 10.5 Å². The first-order chi connectivity index (χ1) is 15.3. The van der Waals surface area contributed by atoms with Gasteiger partial charge in [-0.15, -0.1) is 0 Å². The van der Waals surface area contributed by atoms with Crippen molar-refractivity contribution in [2.24, 2.45) is 0 Å². The molecule has 0 fully saturated rings. The number of nitrogens with zero attached hydrogens (tertiary/aromatic N) is 3. The van der Waals surface area contributed by atoms with E-state index < -0.39 is 27.8 Å². The summed E-state index contributed by atoms with van der Waals surface area (Å²) in [6.45, 7) is 0.0532. The van der Waals surface area contributed by atoms with Crippen molar-refractivity contribution in [3.8, 4) is 0 Å². The fourth-order valence-corrected chi connectivity index (χ4v) is 3.22. The first kappa shape index (κ1) is 22.4. The summed E-state index contributed by atoms with van der Waals surface area (Å²) in [4.78, 5) is 52.5. The summed E-state index contributed by atoms with van der Waals surface area (Å²) in [5.74, 6) is -1.06. The maximum Gasteiger partial charge on any atom is 0.330 e. The molecule has 3 rings (SSSR count). The quantitative estimate of drug-likeness (QED) is 0.398. The van der Waals surface area contributed by atoms with Gasteiger partial charge in [-0.1, -0.05) is 42.5 Å². The summed E-state index contributed by atoms with van der Waals surface area (Å²) in [7, 11) is 1.44. The Hall–Kier alpha value is -4.25. The molecule has 0 saturated carbocycles. The molecule has 0 spiro atoms. The molecule has 0 saturated heterocycles. The van der Waals surface area contributed by atoms with Gasteiger partial charge in [0.15, 0.2) is 5.69 Å². The average Bonchev–Trinajstić information content (AvgIpc) is 2.78. The zero-order valence-corrected chi connectivity index (χ0v) is 17.2. The molecule has 0 radical (unpaired) electrons. The van der Waals surface area contributed by atoms with Crippen LogP contribution in [0.1, 0.15) is 15.9 Å². The molecular formula is C21H21N5O6. The van der Waals surface area contributed by atoms with Crippen LogP contribution in [-0.2, 0) is 17.8 Å². The zero-order valence-electron chi connectivity index (χ0n) is 17.2. The molecule has 32 heavy (non-hydrogen) atoms. The van der Waals surface area contributed by atoms with Crippen molar-refractivity contribution in [3.63, 3.8) is 0 Å². The number of H-pyrrole nitrogens is 1. The number of ether oxygens (including phenoxy) is 1. The van der Waals surface area contributed by atoms with Gasteiger partial charge in [0.1, 0.15) is 11.4 Å². The predicted molar refractivity (Wildman–Crippen MR) is 118 cm³/mol. The number of aromatic amines is 1. The number of nitrogen functional groups attached to an aromatic ring is 1. The van der Waals surface area contributed by atoms with Gasteiger partial charge in [0.25, 0.3) is 17.2 Å². The molecule has 166 valence electrons. The topological polar surface area (TPSA) is 154 Å². The van der Waals surface area contributed by atoms with Crippen LogP contribution in [0.3, 0.4) is 0 Å². The van der Waals surface area contributed by atoms with Gasteiger partial charge in [-0.3, -0.25) is 34.2 Å². The second kappa shape index (κ2) is 9.71. The Morgan fingerprint density at radius 3 is 2.47 bits per heavy atom. The van der Waals surface area contributed by atoms with E-state index in [-0.39, 0.29) is 36.8 Å². The lowest BCUT2D eigenvalue weighted by atomic mass is 10.1. The zero-order chi connectivity index (χ0) is 23.3. The largest absolute Gasteiger partial charge is 0.383 e. The average molecular weight is 439 g/mol. The van der Waals surface area contributed by atoms with Crippen LogP contribution in [0.2, 0.25) is 0 Å². The van der Waals surface area contributed by atoms with E-state index >= 15 is 0 Å². The number of rotatable bonds is 8. The predicted octanol–water partition coefficient (Wildman–Crippen LogP) is 1.52. The molecule has 3 aromatic rings. The highest BCUT2D eigenvalue weighted by Crippen LogP contribution is 2.26. The van der Waals surface area contributed by atoms with Crippen LogP contribution >= 0.6 is 0 Å². The summed E-state index contributed by atoms with van der Waals surface area (Å²) >= 11 is 0. The number of carbonyl (C=O) groups is 1. The van der Waals surface area contributed by atoms with E-state index in [9.17, 15) is 24.5 Å². The molecule has 1 aromatic heterocycles. The summed E-state index contributed by atoms with van der Waals surface area (Å²) < 4.78 is 6.05. The van der Waals surface area contributed by atoms with E-state index in [0.717, 1.165) is 9.47 Å². The maximum atomic E-state index is 13.5. The molecule has 0 atom stereocenters. The maximum absolute atomic E-state index is 13.5. The fourth-order valence-electron chi connectivity index (χ4n) is 3.22. The van der Waals surface area contributed by atoms with Crippen molar-refractivity contribution >= 4 is 23.1 Å². The second-order valence-corrected chi connectivity index (χ2v) is 6.79. The van der Waals surface area contributed by atoms with E-state index in [4.69, 9.17) is 10.5 Å². The molecule has 0 aliphatic carbocycles. The summed E-state index contributed by atoms with van der Waals surface area (Å²) in [5, 5.41) is 11.5. The van der Waals surface area contributed by atoms with Crippen molar-refractivity contribution in [3.05, 3.63) is 96.7 Å². The minimum Gasteiger partial charge on any atom is -0.383 e. The number of carbonyl (C=O) groups excluding carboxylic acids is 1. The number of nitro groups is 1. The summed E-state index contributed by atoms with van der Waals surface area (Å²) in [6.07, 6.45) is 0. The number of nitrogens with one attached hydrogen (secondary N) is 1. The second-order valence-electron chi connectivity index (χ2n) is 6.79. The molecule has 2 aromatic carbocycles. The number of nitrogens with two attached hydrogens (primary N) is 1. The van der Waals surface area contributed by atoms with E-state index in [1.807, 2.05) is 0 Å². The Labute approximate surface area is 181 Å². The van der Waals surface area contributed by atoms with Crippen molar-refractivity contribution in [1.29, 1.82) is 0 Å². The van der Waals surface area contributed by atoms with E-state index in [2.05, 4.69) is 4.98 Å². The molecule has 0 unspecified atom stereocenters. The Morgan fingerprint density at radius 1 is 1.16 bits per heavy atom. The number of benzene rings is 2. The molecule has 0 bridgehead atoms. The lowest BCUT2D eigenvalue weighted by Crippen LogP contribution is -2.41. The van der Waals surface area contributed by atoms with Crippen LogP contribution in [0.25, 0.3) is 0 Å². The Bertz CT molecular complexity index is 1250. The normalized spacial score (nSPS) is 10.7. The molecule has 1 amide bonds. The van der Waals surface area contributed by atoms with Crippen molar-refractivity contribution < 1.29 is 14.5 Å². The standard InChI is InChI=1S/C21H21N5O6/c1-32-12-11-24-18(22)17(19(27)23-21(24)29)25(13-14-7-3-2-4-8-14)20(28)15-9-5-6-10-16(15)26(30)31/h2-10H,11-13,22H2,1H3,(H,23,27,29). The van der Waals surface area contributed by atoms with Gasteiger partial charge in [0.05, 0.1) is 24.6 Å². The molecule has 11 nitrogen and oxygen atoms in total. The minimum atomic E-state index is -0.885. The smallest absolute Gasteiger partial charge is 0.330 e. The highest BCUT2D eigenvalue weighted by molar-refractivity contribution is 6.09. The monoisotopic (exact) mass is 439 g/mol. The van der Waals surface area contributed by atoms with E-state index in [1.165, 1.54) is 31.4 Å². The fraction of sp³-hybridized carbons (Fsp3) is 0.190. The number of hydrogen-bond donors (Lipinski definition) is 2. The van der Waals surface area contributed by atoms with Crippen LogP contribution in [0.15, 0.2) is 64.2 Å². The van der Waals surface area contributed by atoms with Crippen LogP contribution in [-0.4, -0.2) is 34.1 Å². The van der Waals surface area contributed by atoms with E-state index in [1.54, 1.807) is 30.3 Å². The minimum absolute atomic E-state index is 0.0315. The lowest BCUT2D eigenvalue weighted by Gasteiger charge is -2.24. The van der Waals surface area contributed by atoms with Crippen molar-refractivity contribution in [1.82, 2.24) is 9.55 Å². The van der Waals surface area contributed by atoms with Gasteiger partial charge in [0.2, 0.25) is 0 Å². The van der Waals surface area contributed by atoms with Crippen molar-refractivity contribution in [2.75, 3.05) is 24.4 Å². The van der Waals surface area contributed by atoms with Crippen molar-refractivity contribution in [2.45, 2.75) is 13.1 Å². The number of hydrogen-bond acceptors (Lipinski definition) is 7. The van der Waals surface area contributed by atoms with Gasteiger partial charge in [0, 0.05) is 13.2 Å². The number of aromatic nitrogens is 2. The van der Waals surface area contributed by atoms with Crippen LogP contribution in [0.4, 0.5) is 17.2 Å². The van der Waals surface area contributed by atoms with Crippen LogP contribution < -0.4 is 21.9 Å². The summed E-state index contributed by atoms with van der Waals surface area (Å²) in [5.41, 5.74) is 4.23. The van der Waals surface area contributed by atoms with Crippen LogP contribution in [0.5, 0.6) is 0 Å². The third-order valence-electron chi connectivity index (χ3n) is 4.76. The number of nitro benzene ring substituents is 1. The number of para-hydroxylation sites is 1. The van der Waals surface area contributed by atoms with Gasteiger partial charge in [-0.05, 0) is 11.6 Å². The Morgan fingerprint density at radius 2 is 1.81 bits per heavy atom. The van der Waals surface area contributed by atoms with E-state index in [0.29, 0.717) is 5.56 Å². The Kier molecular flexibility index (Phi) is 6.80. The highest BCUT2D eigenvalue weighted by Gasteiger charge is 2.29. The highest BCUT2D eigenvalue weighted by atomic mass is 16.6. The molecule has 1 heterocycles. The third kappa shape index (κ3) is 4.57. The van der Waals surface area contributed by atoms with Gasteiger partial charge in [-0.2, -0.15) is 0 Å². The molecule has 3 N–H and O–H groups in total. The molecule has 11 heteroatoms. The lowest BCUT2D eigenvalue weighted by molar-refractivity contribution is -0.385. The molecule has 0 aliphatic rings. The third-order valence-corrected chi connectivity index (χ3v) is 4.76. The number of amides is 1. The molecular weight excluding hydrogens is 418 g/mol. The SMILES string of the molecule is COCCn1c(N)c(N(Cc2ccccc2)C(=O)c2ccccc2[N+](=O)[O-])c(=O)[nH]c1=O. The first-order valence-electron chi connectivity index (χ1n) is 9.56. The number of anilines is 2. The number of methoxy groups -OCH3 is 1. The van der Waals surface area contributed by atoms with Crippen LogP contribution in [0, 0.1) is 10.1 Å². The summed E-state index contributed by atoms with van der Waals surface area (Å²) in [6, 6.07) is 14.1. The van der Waals surface area contributed by atoms with Gasteiger partial charge in [-0.25, -0.2) is 4.79 Å².